The van der Waals surface area contributed by atoms with Gasteiger partial charge in [-0.05, 0) is 6.92 Å². The van der Waals surface area contributed by atoms with Gasteiger partial charge in [0, 0.05) is 31.1 Å². The van der Waals surface area contributed by atoms with Gasteiger partial charge in [-0.2, -0.15) is 11.8 Å². The molecule has 2 atom stereocenters. The standard InChI is InChI=1S/C11H20N2O3S/c1-3-13(6-8(2)11(15)16)10(14)9-7-17-5-4-12-9/h8-9,12H,3-7H2,1-2H3,(H,15,16). The Balaban J connectivity index is 2.53. The number of carboxylic acids is 1. The van der Waals surface area contributed by atoms with Crippen LogP contribution in [-0.4, -0.2) is 59.1 Å². The Labute approximate surface area is 106 Å². The van der Waals surface area contributed by atoms with E-state index >= 15 is 0 Å². The number of carbonyl (C=O) groups excluding carboxylic acids is 1. The maximum Gasteiger partial charge on any atom is 0.308 e. The lowest BCUT2D eigenvalue weighted by Crippen LogP contribution is -2.51. The highest BCUT2D eigenvalue weighted by atomic mass is 32.2. The van der Waals surface area contributed by atoms with Crippen LogP contribution in [0.15, 0.2) is 0 Å². The molecule has 0 bridgehead atoms. The van der Waals surface area contributed by atoms with Crippen molar-refractivity contribution in [1.29, 1.82) is 0 Å². The molecule has 1 aliphatic rings. The van der Waals surface area contributed by atoms with Gasteiger partial charge in [0.05, 0.1) is 12.0 Å². The second kappa shape index (κ2) is 6.86. The monoisotopic (exact) mass is 260 g/mol. The summed E-state index contributed by atoms with van der Waals surface area (Å²) in [4.78, 5) is 24.6. The molecule has 2 unspecified atom stereocenters. The summed E-state index contributed by atoms with van der Waals surface area (Å²) >= 11 is 1.76. The lowest BCUT2D eigenvalue weighted by Gasteiger charge is -2.30. The van der Waals surface area contributed by atoms with Gasteiger partial charge in [-0.3, -0.25) is 9.59 Å². The topological polar surface area (TPSA) is 69.6 Å². The number of carbonyl (C=O) groups is 2. The largest absolute Gasteiger partial charge is 0.481 e. The van der Waals surface area contributed by atoms with Crippen molar-refractivity contribution in [2.45, 2.75) is 19.9 Å². The van der Waals surface area contributed by atoms with Gasteiger partial charge >= 0.3 is 5.97 Å². The summed E-state index contributed by atoms with van der Waals surface area (Å²) < 4.78 is 0. The summed E-state index contributed by atoms with van der Waals surface area (Å²) in [6, 6.07) is -0.158. The van der Waals surface area contributed by atoms with Gasteiger partial charge in [-0.25, -0.2) is 0 Å². The molecule has 98 valence electrons. The molecule has 1 amide bonds. The fraction of sp³-hybridized carbons (Fsp3) is 0.818. The summed E-state index contributed by atoms with van der Waals surface area (Å²) in [7, 11) is 0. The van der Waals surface area contributed by atoms with Gasteiger partial charge < -0.3 is 15.3 Å². The summed E-state index contributed by atoms with van der Waals surface area (Å²) in [5.74, 6) is 0.447. The average Bonchev–Trinajstić information content (AvgIpc) is 2.35. The van der Waals surface area contributed by atoms with Crippen LogP contribution in [0.4, 0.5) is 0 Å². The first-order chi connectivity index (χ1) is 8.06. The zero-order chi connectivity index (χ0) is 12.8. The highest BCUT2D eigenvalue weighted by Crippen LogP contribution is 2.11. The fourth-order valence-electron chi connectivity index (χ4n) is 1.73. The van der Waals surface area contributed by atoms with E-state index in [0.717, 1.165) is 18.1 Å². The predicted octanol–water partition coefficient (Wildman–Crippen LogP) is 0.261. The first kappa shape index (κ1) is 14.3. The number of hydrogen-bond donors (Lipinski definition) is 2. The number of aliphatic carboxylic acids is 1. The SMILES string of the molecule is CCN(CC(C)C(=O)O)C(=O)C1CSCCN1. The van der Waals surface area contributed by atoms with Gasteiger partial charge in [-0.15, -0.1) is 0 Å². The molecule has 0 aromatic carbocycles. The molecule has 1 aliphatic heterocycles. The number of likely N-dealkylation sites (N-methyl/N-ethyl adjacent to an activating group) is 1. The van der Waals surface area contributed by atoms with Crippen molar-refractivity contribution in [3.05, 3.63) is 0 Å². The number of nitrogens with one attached hydrogen (secondary N) is 1. The Morgan fingerprint density at radius 2 is 2.29 bits per heavy atom. The lowest BCUT2D eigenvalue weighted by atomic mass is 10.1. The van der Waals surface area contributed by atoms with E-state index in [0.29, 0.717) is 6.54 Å². The van der Waals surface area contributed by atoms with E-state index in [1.807, 2.05) is 6.92 Å². The van der Waals surface area contributed by atoms with E-state index in [-0.39, 0.29) is 18.5 Å². The molecule has 1 fully saturated rings. The minimum atomic E-state index is -0.859. The Kier molecular flexibility index (Phi) is 5.77. The molecule has 0 saturated carbocycles. The molecule has 0 aromatic heterocycles. The number of rotatable bonds is 5. The molecule has 0 aliphatic carbocycles. The van der Waals surface area contributed by atoms with Gasteiger partial charge in [0.1, 0.15) is 0 Å². The lowest BCUT2D eigenvalue weighted by molar-refractivity contribution is -0.143. The zero-order valence-corrected chi connectivity index (χ0v) is 11.1. The quantitative estimate of drug-likeness (QED) is 0.742. The minimum absolute atomic E-state index is 0.0211. The second-order valence-electron chi connectivity index (χ2n) is 4.20. The molecule has 17 heavy (non-hydrogen) atoms. The Morgan fingerprint density at radius 3 is 2.76 bits per heavy atom. The van der Waals surface area contributed by atoms with E-state index in [1.165, 1.54) is 0 Å². The number of amides is 1. The summed E-state index contributed by atoms with van der Waals surface area (Å²) in [6.07, 6.45) is 0. The fourth-order valence-corrected chi connectivity index (χ4v) is 2.65. The molecular weight excluding hydrogens is 240 g/mol. The maximum atomic E-state index is 12.1. The Bertz CT molecular complexity index is 280. The van der Waals surface area contributed by atoms with Crippen molar-refractivity contribution in [1.82, 2.24) is 10.2 Å². The van der Waals surface area contributed by atoms with Crippen molar-refractivity contribution in [2.75, 3.05) is 31.1 Å². The van der Waals surface area contributed by atoms with Gasteiger partial charge in [0.15, 0.2) is 0 Å². The van der Waals surface area contributed by atoms with Crippen LogP contribution in [0.2, 0.25) is 0 Å². The van der Waals surface area contributed by atoms with E-state index in [9.17, 15) is 9.59 Å². The van der Waals surface area contributed by atoms with Crippen LogP contribution in [0.25, 0.3) is 0 Å². The molecule has 1 saturated heterocycles. The van der Waals surface area contributed by atoms with Crippen LogP contribution in [0, 0.1) is 5.92 Å². The Morgan fingerprint density at radius 1 is 1.59 bits per heavy atom. The Hall–Kier alpha value is -0.750. The third-order valence-corrected chi connectivity index (χ3v) is 3.89. The normalized spacial score (nSPS) is 21.9. The second-order valence-corrected chi connectivity index (χ2v) is 5.35. The molecule has 6 heteroatoms. The molecular formula is C11H20N2O3S. The number of nitrogens with zero attached hydrogens (tertiary/aromatic N) is 1. The van der Waals surface area contributed by atoms with Crippen LogP contribution in [0.1, 0.15) is 13.8 Å². The van der Waals surface area contributed by atoms with Crippen molar-refractivity contribution >= 4 is 23.6 Å². The summed E-state index contributed by atoms with van der Waals surface area (Å²) in [5, 5.41) is 12.0. The molecule has 2 N–H and O–H groups in total. The molecule has 0 aromatic rings. The van der Waals surface area contributed by atoms with E-state index in [2.05, 4.69) is 5.32 Å². The maximum absolute atomic E-state index is 12.1. The van der Waals surface area contributed by atoms with Crippen LogP contribution >= 0.6 is 11.8 Å². The van der Waals surface area contributed by atoms with E-state index in [1.54, 1.807) is 23.6 Å². The van der Waals surface area contributed by atoms with Gasteiger partial charge in [-0.1, -0.05) is 6.92 Å². The van der Waals surface area contributed by atoms with Crippen LogP contribution in [0.3, 0.4) is 0 Å². The number of hydrogen-bond acceptors (Lipinski definition) is 4. The van der Waals surface area contributed by atoms with Crippen molar-refractivity contribution in [3.8, 4) is 0 Å². The van der Waals surface area contributed by atoms with Crippen LogP contribution in [0.5, 0.6) is 0 Å². The van der Waals surface area contributed by atoms with Crippen molar-refractivity contribution in [3.63, 3.8) is 0 Å². The average molecular weight is 260 g/mol. The van der Waals surface area contributed by atoms with Crippen molar-refractivity contribution in [2.24, 2.45) is 5.92 Å². The zero-order valence-electron chi connectivity index (χ0n) is 10.3. The highest BCUT2D eigenvalue weighted by Gasteiger charge is 2.27. The number of carboxylic acid groups (broad SMARTS) is 1. The van der Waals surface area contributed by atoms with Gasteiger partial charge in [0.25, 0.3) is 0 Å². The first-order valence-electron chi connectivity index (χ1n) is 5.89. The third kappa shape index (κ3) is 4.20. The molecule has 5 nitrogen and oxygen atoms in total. The minimum Gasteiger partial charge on any atom is -0.481 e. The van der Waals surface area contributed by atoms with E-state index in [4.69, 9.17) is 5.11 Å². The molecule has 0 radical (unpaired) electrons. The molecule has 1 heterocycles. The van der Waals surface area contributed by atoms with Crippen molar-refractivity contribution < 1.29 is 14.7 Å². The summed E-state index contributed by atoms with van der Waals surface area (Å²) in [6.45, 7) is 5.18. The molecule has 0 spiro atoms. The van der Waals surface area contributed by atoms with E-state index < -0.39 is 11.9 Å². The van der Waals surface area contributed by atoms with Crippen LogP contribution in [-0.2, 0) is 9.59 Å². The smallest absolute Gasteiger partial charge is 0.308 e. The summed E-state index contributed by atoms with van der Waals surface area (Å²) in [5.41, 5.74) is 0. The highest BCUT2D eigenvalue weighted by molar-refractivity contribution is 7.99. The predicted molar refractivity (Wildman–Crippen MR) is 68.2 cm³/mol. The van der Waals surface area contributed by atoms with Crippen LogP contribution < -0.4 is 5.32 Å². The molecule has 1 rings (SSSR count). The first-order valence-corrected chi connectivity index (χ1v) is 7.04. The number of thioether (sulfide) groups is 1. The third-order valence-electron chi connectivity index (χ3n) is 2.83. The van der Waals surface area contributed by atoms with Gasteiger partial charge in [0.2, 0.25) is 5.91 Å².